The molecule has 1 saturated heterocycles. The van der Waals surface area contributed by atoms with Gasteiger partial charge in [0, 0.05) is 31.9 Å². The highest BCUT2D eigenvalue weighted by molar-refractivity contribution is 5.54. The van der Waals surface area contributed by atoms with Crippen molar-refractivity contribution in [3.63, 3.8) is 0 Å². The molecule has 2 N–H and O–H groups in total. The van der Waals surface area contributed by atoms with Crippen molar-refractivity contribution in [2.75, 3.05) is 37.7 Å². The van der Waals surface area contributed by atoms with E-state index in [1.807, 2.05) is 12.1 Å². The Balaban J connectivity index is 2.20. The lowest BCUT2D eigenvalue weighted by Gasteiger charge is -2.36. The van der Waals surface area contributed by atoms with Crippen LogP contribution >= 0.6 is 0 Å². The number of hydrogen-bond donors (Lipinski definition) is 2. The van der Waals surface area contributed by atoms with Crippen molar-refractivity contribution in [3.05, 3.63) is 29.8 Å². The maximum absolute atomic E-state index is 9.15. The van der Waals surface area contributed by atoms with Crippen molar-refractivity contribution in [2.24, 2.45) is 0 Å². The monoisotopic (exact) mass is 250 g/mol. The predicted molar refractivity (Wildman–Crippen MR) is 72.9 cm³/mol. The smallest absolute Gasteiger partial charge is 0.142 e. The van der Waals surface area contributed by atoms with Gasteiger partial charge in [0.05, 0.1) is 6.61 Å². The van der Waals surface area contributed by atoms with Crippen LogP contribution in [0.25, 0.3) is 0 Å². The summed E-state index contributed by atoms with van der Waals surface area (Å²) in [6.45, 7) is 5.73. The third-order valence-corrected chi connectivity index (χ3v) is 3.28. The van der Waals surface area contributed by atoms with Gasteiger partial charge >= 0.3 is 0 Å². The summed E-state index contributed by atoms with van der Waals surface area (Å²) in [4.78, 5) is 2.26. The van der Waals surface area contributed by atoms with Gasteiger partial charge in [0.15, 0.2) is 0 Å². The molecule has 1 unspecified atom stereocenters. The lowest BCUT2D eigenvalue weighted by atomic mass is 10.1. The van der Waals surface area contributed by atoms with Crippen LogP contribution in [-0.2, 0) is 11.2 Å². The fourth-order valence-corrected chi connectivity index (χ4v) is 2.40. The largest absolute Gasteiger partial charge is 0.396 e. The van der Waals surface area contributed by atoms with Gasteiger partial charge in [-0.2, -0.15) is 0 Å². The summed E-state index contributed by atoms with van der Waals surface area (Å²) >= 11 is 0. The summed E-state index contributed by atoms with van der Waals surface area (Å²) < 4.78 is 5.82. The standard InChI is InChI=1S/C14H22N2O2/c1-2-16(14-11-15-8-10-18-14)13-6-4-3-5-12(13)7-9-17/h3-6,14-15,17H,2,7-11H2,1H3. The number of para-hydroxylation sites is 1. The van der Waals surface area contributed by atoms with Crippen molar-refractivity contribution in [3.8, 4) is 0 Å². The Morgan fingerprint density at radius 3 is 2.94 bits per heavy atom. The average molecular weight is 250 g/mol. The highest BCUT2D eigenvalue weighted by atomic mass is 16.5. The van der Waals surface area contributed by atoms with E-state index in [1.165, 1.54) is 11.3 Å². The SMILES string of the molecule is CCN(c1ccccc1CCO)C1CNCCO1. The summed E-state index contributed by atoms with van der Waals surface area (Å²) in [5.74, 6) is 0. The topological polar surface area (TPSA) is 44.7 Å². The van der Waals surface area contributed by atoms with Crippen LogP contribution < -0.4 is 10.2 Å². The van der Waals surface area contributed by atoms with Crippen LogP contribution in [0.3, 0.4) is 0 Å². The molecule has 1 atom stereocenters. The zero-order valence-corrected chi connectivity index (χ0v) is 10.9. The van der Waals surface area contributed by atoms with Crippen molar-refractivity contribution in [1.29, 1.82) is 0 Å². The molecule has 100 valence electrons. The van der Waals surface area contributed by atoms with Crippen molar-refractivity contribution < 1.29 is 9.84 Å². The first-order valence-corrected chi connectivity index (χ1v) is 6.64. The van der Waals surface area contributed by atoms with Crippen molar-refractivity contribution in [2.45, 2.75) is 19.6 Å². The predicted octanol–water partition coefficient (Wildman–Crippen LogP) is 0.994. The number of morpholine rings is 1. The molecule has 0 saturated carbocycles. The summed E-state index contributed by atoms with van der Waals surface area (Å²) in [7, 11) is 0. The van der Waals surface area contributed by atoms with Crippen LogP contribution in [0.2, 0.25) is 0 Å². The number of ether oxygens (including phenoxy) is 1. The molecule has 1 heterocycles. The maximum Gasteiger partial charge on any atom is 0.142 e. The fourth-order valence-electron chi connectivity index (χ4n) is 2.40. The first-order chi connectivity index (χ1) is 8.86. The second-order valence-corrected chi connectivity index (χ2v) is 4.42. The molecule has 1 aromatic carbocycles. The highest BCUT2D eigenvalue weighted by Crippen LogP contribution is 2.23. The minimum Gasteiger partial charge on any atom is -0.396 e. The van der Waals surface area contributed by atoms with E-state index in [0.717, 1.165) is 26.2 Å². The van der Waals surface area contributed by atoms with Gasteiger partial charge in [0.1, 0.15) is 6.23 Å². The molecule has 1 fully saturated rings. The molecule has 2 rings (SSSR count). The van der Waals surface area contributed by atoms with Crippen molar-refractivity contribution >= 4 is 5.69 Å². The van der Waals surface area contributed by atoms with E-state index < -0.39 is 0 Å². The summed E-state index contributed by atoms with van der Waals surface area (Å²) in [5.41, 5.74) is 2.35. The van der Waals surface area contributed by atoms with E-state index in [9.17, 15) is 0 Å². The molecular formula is C14H22N2O2. The normalized spacial score (nSPS) is 19.8. The Labute approximate surface area is 109 Å². The second-order valence-electron chi connectivity index (χ2n) is 4.42. The van der Waals surface area contributed by atoms with Gasteiger partial charge in [-0.25, -0.2) is 0 Å². The summed E-state index contributed by atoms with van der Waals surface area (Å²) in [5, 5.41) is 12.5. The van der Waals surface area contributed by atoms with Crippen molar-refractivity contribution in [1.82, 2.24) is 5.32 Å². The number of aliphatic hydroxyl groups is 1. The Bertz CT molecular complexity index is 365. The van der Waals surface area contributed by atoms with E-state index in [0.29, 0.717) is 6.42 Å². The molecule has 0 aromatic heterocycles. The molecule has 4 nitrogen and oxygen atoms in total. The van der Waals surface area contributed by atoms with E-state index in [-0.39, 0.29) is 12.8 Å². The van der Waals surface area contributed by atoms with Gasteiger partial charge in [0.25, 0.3) is 0 Å². The number of benzene rings is 1. The van der Waals surface area contributed by atoms with Crippen LogP contribution in [-0.4, -0.2) is 44.2 Å². The zero-order valence-electron chi connectivity index (χ0n) is 10.9. The molecule has 1 aliphatic heterocycles. The molecule has 18 heavy (non-hydrogen) atoms. The second kappa shape index (κ2) is 6.73. The lowest BCUT2D eigenvalue weighted by molar-refractivity contribution is 0.0271. The number of likely N-dealkylation sites (N-methyl/N-ethyl adjacent to an activating group) is 1. The molecular weight excluding hydrogens is 228 g/mol. The number of aliphatic hydroxyl groups excluding tert-OH is 1. The third kappa shape index (κ3) is 3.02. The molecule has 1 aromatic rings. The van der Waals surface area contributed by atoms with E-state index in [2.05, 4.69) is 29.3 Å². The third-order valence-electron chi connectivity index (χ3n) is 3.28. The summed E-state index contributed by atoms with van der Waals surface area (Å²) in [6, 6.07) is 8.23. The zero-order chi connectivity index (χ0) is 12.8. The first kappa shape index (κ1) is 13.3. The lowest BCUT2D eigenvalue weighted by Crippen LogP contribution is -2.49. The molecule has 0 bridgehead atoms. The van der Waals surface area contributed by atoms with Crippen LogP contribution in [0.4, 0.5) is 5.69 Å². The number of hydrogen-bond acceptors (Lipinski definition) is 4. The van der Waals surface area contributed by atoms with Gasteiger partial charge in [-0.15, -0.1) is 0 Å². The van der Waals surface area contributed by atoms with E-state index in [4.69, 9.17) is 9.84 Å². The quantitative estimate of drug-likeness (QED) is 0.818. The highest BCUT2D eigenvalue weighted by Gasteiger charge is 2.22. The van der Waals surface area contributed by atoms with Gasteiger partial charge in [-0.1, -0.05) is 18.2 Å². The number of rotatable bonds is 5. The molecule has 0 amide bonds. The number of nitrogens with zero attached hydrogens (tertiary/aromatic N) is 1. The molecule has 4 heteroatoms. The summed E-state index contributed by atoms with van der Waals surface area (Å²) in [6.07, 6.45) is 0.774. The molecule has 0 spiro atoms. The molecule has 0 aliphatic carbocycles. The van der Waals surface area contributed by atoms with Gasteiger partial charge in [-0.3, -0.25) is 0 Å². The Morgan fingerprint density at radius 2 is 2.28 bits per heavy atom. The first-order valence-electron chi connectivity index (χ1n) is 6.64. The van der Waals surface area contributed by atoms with Crippen LogP contribution in [0.5, 0.6) is 0 Å². The van der Waals surface area contributed by atoms with Crippen LogP contribution in [0.15, 0.2) is 24.3 Å². The van der Waals surface area contributed by atoms with Gasteiger partial charge < -0.3 is 20.1 Å². The van der Waals surface area contributed by atoms with Gasteiger partial charge in [0.2, 0.25) is 0 Å². The Morgan fingerprint density at radius 1 is 1.44 bits per heavy atom. The Kier molecular flexibility index (Phi) is 4.99. The van der Waals surface area contributed by atoms with Gasteiger partial charge in [-0.05, 0) is 25.0 Å². The number of nitrogens with one attached hydrogen (secondary N) is 1. The van der Waals surface area contributed by atoms with Crippen LogP contribution in [0, 0.1) is 0 Å². The van der Waals surface area contributed by atoms with Crippen LogP contribution in [0.1, 0.15) is 12.5 Å². The Hall–Kier alpha value is -1.10. The average Bonchev–Trinajstić information content (AvgIpc) is 2.43. The van der Waals surface area contributed by atoms with E-state index in [1.54, 1.807) is 0 Å². The van der Waals surface area contributed by atoms with E-state index >= 15 is 0 Å². The minimum atomic E-state index is 0.0867. The maximum atomic E-state index is 9.15. The molecule has 1 aliphatic rings. The minimum absolute atomic E-state index is 0.0867. The number of anilines is 1. The molecule has 0 radical (unpaired) electrons. The fraction of sp³-hybridized carbons (Fsp3) is 0.571.